The van der Waals surface area contributed by atoms with Crippen LogP contribution in [0.25, 0.3) is 16.9 Å². The van der Waals surface area contributed by atoms with Gasteiger partial charge in [0.2, 0.25) is 11.2 Å². The lowest BCUT2D eigenvalue weighted by atomic mass is 10.1. The van der Waals surface area contributed by atoms with E-state index in [1.807, 2.05) is 11.6 Å². The van der Waals surface area contributed by atoms with E-state index in [0.29, 0.717) is 5.56 Å². The average Bonchev–Trinajstić information content (AvgIpc) is 3.64. The molecule has 0 saturated carbocycles. The van der Waals surface area contributed by atoms with E-state index in [1.165, 1.54) is 19.1 Å². The van der Waals surface area contributed by atoms with Crippen molar-refractivity contribution in [2.75, 3.05) is 13.1 Å². The Hall–Kier alpha value is -4.87. The van der Waals surface area contributed by atoms with Gasteiger partial charge in [-0.2, -0.15) is 18.3 Å². The van der Waals surface area contributed by atoms with Gasteiger partial charge in [0, 0.05) is 12.5 Å². The van der Waals surface area contributed by atoms with E-state index in [1.54, 1.807) is 45.0 Å². The summed E-state index contributed by atoms with van der Waals surface area (Å²) in [5.74, 6) is -1.79. The number of amides is 1. The molecular weight excluding hydrogens is 649 g/mol. The maximum absolute atomic E-state index is 13.5. The molecule has 2 aromatic carbocycles. The van der Waals surface area contributed by atoms with Gasteiger partial charge in [-0.15, -0.1) is 5.01 Å². The molecule has 3 aromatic rings. The topological polar surface area (TPSA) is 167 Å². The third-order valence-electron chi connectivity index (χ3n) is 6.67. The van der Waals surface area contributed by atoms with Crippen molar-refractivity contribution in [1.29, 1.82) is 0 Å². The van der Waals surface area contributed by atoms with Crippen molar-refractivity contribution in [2.24, 2.45) is 11.2 Å². The number of aryl methyl sites for hydroxylation is 1. The number of rotatable bonds is 9. The molecule has 0 spiro atoms. The van der Waals surface area contributed by atoms with Crippen molar-refractivity contribution in [2.45, 2.75) is 64.0 Å². The highest BCUT2D eigenvalue weighted by atomic mass is 32.2. The first-order valence-corrected chi connectivity index (χ1v) is 15.7. The molecule has 1 aliphatic rings. The molecule has 1 aliphatic heterocycles. The minimum Gasteiger partial charge on any atom is -0.569 e. The number of nitrogens with one attached hydrogen (secondary N) is 1. The lowest BCUT2D eigenvalue weighted by Gasteiger charge is -2.20. The first kappa shape index (κ1) is 35.0. The highest BCUT2D eigenvalue weighted by molar-refractivity contribution is 7.90. The van der Waals surface area contributed by atoms with E-state index in [4.69, 9.17) is 14.3 Å². The first-order chi connectivity index (χ1) is 21.8. The number of sulfonamides is 1. The Morgan fingerprint density at radius 2 is 1.74 bits per heavy atom. The largest absolute Gasteiger partial charge is 0.569 e. The Morgan fingerprint density at radius 1 is 1.11 bits per heavy atom. The van der Waals surface area contributed by atoms with Gasteiger partial charge in [-0.05, 0) is 64.4 Å². The van der Waals surface area contributed by atoms with Gasteiger partial charge >= 0.3 is 12.3 Å². The molecule has 254 valence electrons. The van der Waals surface area contributed by atoms with Gasteiger partial charge in [0.15, 0.2) is 5.69 Å². The minimum absolute atomic E-state index is 0.0393. The predicted molar refractivity (Wildman–Crippen MR) is 158 cm³/mol. The summed E-state index contributed by atoms with van der Waals surface area (Å²) in [5, 5.41) is 20.4. The standard InChI is InChI=1S/C29H33F3N6O8S/c1-18-6-8-20(9-7-18)24-16-25(29(30,31)32)33-37(24)22-10-12-23(13-11-22)47(42,43)34-26(39)21-14-15-36(17-21)38(41)35-46-19(2)44-27(40)45-28(3,4)5/h6-13,16,19,21H,14-15,17H2,1-5H3,(H,34,39). The van der Waals surface area contributed by atoms with Crippen molar-refractivity contribution in [3.63, 3.8) is 0 Å². The molecule has 2 atom stereocenters. The quantitative estimate of drug-likeness (QED) is 0.105. The zero-order chi connectivity index (χ0) is 34.7. The lowest BCUT2D eigenvalue weighted by molar-refractivity contribution is -0.709. The van der Waals surface area contributed by atoms with Crippen molar-refractivity contribution in [3.8, 4) is 16.9 Å². The van der Waals surface area contributed by atoms with E-state index in [9.17, 15) is 36.4 Å². The number of hydrogen-bond donors (Lipinski definition) is 1. The van der Waals surface area contributed by atoms with Crippen LogP contribution in [0.3, 0.4) is 0 Å². The summed E-state index contributed by atoms with van der Waals surface area (Å²) in [6, 6.07) is 12.5. The van der Waals surface area contributed by atoms with Gasteiger partial charge in [0.05, 0.1) is 40.3 Å². The molecule has 1 N–H and O–H groups in total. The van der Waals surface area contributed by atoms with Gasteiger partial charge in [-0.1, -0.05) is 29.8 Å². The van der Waals surface area contributed by atoms with Gasteiger partial charge in [-0.3, -0.25) is 9.63 Å². The van der Waals surface area contributed by atoms with Crippen LogP contribution in [0.5, 0.6) is 0 Å². The monoisotopic (exact) mass is 682 g/mol. The SMILES string of the molecule is Cc1ccc(-c2cc(C(F)(F)F)nn2-c2ccc(S(=O)(=O)NC(=O)C3CCN([N+]([O-])=NOC(C)OC(=O)OC(C)(C)C)C3)cc2)cc1. The molecule has 14 nitrogen and oxygen atoms in total. The van der Waals surface area contributed by atoms with Crippen LogP contribution in [0.1, 0.15) is 45.4 Å². The summed E-state index contributed by atoms with van der Waals surface area (Å²) in [6.45, 7) is 7.88. The fourth-order valence-electron chi connectivity index (χ4n) is 4.39. The van der Waals surface area contributed by atoms with Crippen LogP contribution in [0.15, 0.2) is 64.8 Å². The Labute approximate surface area is 268 Å². The number of aromatic nitrogens is 2. The van der Waals surface area contributed by atoms with Gasteiger partial charge in [0.25, 0.3) is 16.3 Å². The van der Waals surface area contributed by atoms with E-state index >= 15 is 0 Å². The molecule has 1 fully saturated rings. The van der Waals surface area contributed by atoms with Crippen LogP contribution >= 0.6 is 0 Å². The predicted octanol–water partition coefficient (Wildman–Crippen LogP) is 5.10. The van der Waals surface area contributed by atoms with Crippen LogP contribution in [0.4, 0.5) is 18.0 Å². The highest BCUT2D eigenvalue weighted by Crippen LogP contribution is 2.33. The van der Waals surface area contributed by atoms with Crippen LogP contribution in [-0.4, -0.2) is 65.2 Å². The van der Waals surface area contributed by atoms with Gasteiger partial charge < -0.3 is 14.7 Å². The third-order valence-corrected chi connectivity index (χ3v) is 8.03. The number of carbonyl (C=O) groups excluding carboxylic acids is 2. The first-order valence-electron chi connectivity index (χ1n) is 14.2. The van der Waals surface area contributed by atoms with E-state index in [2.05, 4.69) is 10.4 Å². The number of hydrazine groups is 1. The second-order valence-corrected chi connectivity index (χ2v) is 13.3. The molecule has 0 radical (unpaired) electrons. The maximum Gasteiger partial charge on any atom is 0.511 e. The minimum atomic E-state index is -4.72. The highest BCUT2D eigenvalue weighted by Gasteiger charge is 2.36. The van der Waals surface area contributed by atoms with Crippen molar-refractivity contribution >= 4 is 22.1 Å². The van der Waals surface area contributed by atoms with Crippen molar-refractivity contribution < 1.29 is 50.5 Å². The Bertz CT molecular complexity index is 1740. The molecule has 2 unspecified atom stereocenters. The normalized spacial score (nSPS) is 16.5. The van der Waals surface area contributed by atoms with Crippen LogP contribution in [0.2, 0.25) is 0 Å². The molecule has 1 aromatic heterocycles. The van der Waals surface area contributed by atoms with Gasteiger partial charge in [-0.25, -0.2) is 22.6 Å². The number of carbonyl (C=O) groups is 2. The number of hydrogen-bond acceptors (Lipinski definition) is 10. The zero-order valence-electron chi connectivity index (χ0n) is 26.0. The number of benzene rings is 2. The van der Waals surface area contributed by atoms with Crippen molar-refractivity contribution in [1.82, 2.24) is 19.5 Å². The molecule has 1 saturated heterocycles. The van der Waals surface area contributed by atoms with Crippen LogP contribution < -0.4 is 4.72 Å². The number of ether oxygens (including phenoxy) is 2. The number of halogens is 3. The molecule has 1 amide bonds. The number of alkyl halides is 3. The van der Waals surface area contributed by atoms with Crippen molar-refractivity contribution in [3.05, 3.63) is 71.1 Å². The molecule has 2 heterocycles. The molecule has 4 rings (SSSR count). The number of nitrogens with zero attached hydrogens (tertiary/aromatic N) is 5. The molecule has 18 heteroatoms. The smallest absolute Gasteiger partial charge is 0.511 e. The van der Waals surface area contributed by atoms with Gasteiger partial charge in [0.1, 0.15) is 5.60 Å². The fourth-order valence-corrected chi connectivity index (χ4v) is 5.43. The third kappa shape index (κ3) is 9.11. The summed E-state index contributed by atoms with van der Waals surface area (Å²) < 4.78 is 79.4. The zero-order valence-corrected chi connectivity index (χ0v) is 26.8. The fraction of sp³-hybridized carbons (Fsp3) is 0.414. The summed E-state index contributed by atoms with van der Waals surface area (Å²) >= 11 is 0. The molecular formula is C29H33F3N6O8S. The summed E-state index contributed by atoms with van der Waals surface area (Å²) in [5.41, 5.74) is -0.266. The van der Waals surface area contributed by atoms with E-state index < -0.39 is 51.8 Å². The van der Waals surface area contributed by atoms with E-state index in [-0.39, 0.29) is 40.8 Å². The molecule has 0 bridgehead atoms. The summed E-state index contributed by atoms with van der Waals surface area (Å²) in [6.07, 6.45) is -6.90. The maximum atomic E-state index is 13.5. The summed E-state index contributed by atoms with van der Waals surface area (Å²) in [4.78, 5) is 29.1. The van der Waals surface area contributed by atoms with E-state index in [0.717, 1.165) is 33.5 Å². The second kappa shape index (κ2) is 13.5. The lowest BCUT2D eigenvalue weighted by Crippen LogP contribution is -2.38. The van der Waals surface area contributed by atoms with Crippen LogP contribution in [-0.2, 0) is 35.3 Å². The average molecular weight is 683 g/mol. The Balaban J connectivity index is 1.40. The summed E-state index contributed by atoms with van der Waals surface area (Å²) in [7, 11) is -4.39. The molecule has 47 heavy (non-hydrogen) atoms. The van der Waals surface area contributed by atoms with Crippen LogP contribution in [0, 0.1) is 18.0 Å². The molecule has 0 aliphatic carbocycles. The Kier molecular flexibility index (Phi) is 10.0. The Morgan fingerprint density at radius 3 is 2.34 bits per heavy atom. The second-order valence-electron chi connectivity index (χ2n) is 11.6.